The zero-order chi connectivity index (χ0) is 14.3. The van der Waals surface area contributed by atoms with Crippen LogP contribution in [0.4, 0.5) is 4.79 Å². The van der Waals surface area contributed by atoms with Crippen LogP contribution in [0.1, 0.15) is 6.42 Å². The van der Waals surface area contributed by atoms with Crippen LogP contribution in [0.2, 0.25) is 0 Å². The molecule has 0 unspecified atom stereocenters. The molecule has 2 aromatic rings. The molecule has 0 bridgehead atoms. The van der Waals surface area contributed by atoms with E-state index in [0.717, 1.165) is 3.83 Å². The van der Waals surface area contributed by atoms with Gasteiger partial charge in [0.05, 0.1) is 6.54 Å². The second-order valence-corrected chi connectivity index (χ2v) is 5.51. The van der Waals surface area contributed by atoms with Gasteiger partial charge in [-0.2, -0.15) is 4.98 Å². The maximum Gasteiger partial charge on any atom is 0.407 e. The molecular weight excluding hydrogens is 377 g/mol. The summed E-state index contributed by atoms with van der Waals surface area (Å²) in [6, 6.07) is 0. The van der Waals surface area contributed by atoms with Crippen LogP contribution >= 0.6 is 22.6 Å². The van der Waals surface area contributed by atoms with Crippen molar-refractivity contribution in [2.45, 2.75) is 12.5 Å². The van der Waals surface area contributed by atoms with Crippen LogP contribution < -0.4 is 4.74 Å². The molecule has 0 saturated carbocycles. The van der Waals surface area contributed by atoms with Gasteiger partial charge >= 0.3 is 6.09 Å². The second kappa shape index (κ2) is 5.04. The minimum absolute atomic E-state index is 0.191. The van der Waals surface area contributed by atoms with Gasteiger partial charge in [-0.1, -0.05) is 0 Å². The monoisotopic (exact) mass is 389 g/mol. The topological polar surface area (TPSA) is 93.4 Å². The van der Waals surface area contributed by atoms with E-state index in [1.807, 2.05) is 11.6 Å². The Morgan fingerprint density at radius 2 is 2.35 bits per heavy atom. The number of imidazole rings is 1. The molecule has 1 aliphatic heterocycles. The average Bonchev–Trinajstić information content (AvgIpc) is 2.98. The van der Waals surface area contributed by atoms with E-state index in [9.17, 15) is 4.79 Å². The predicted molar refractivity (Wildman–Crippen MR) is 77.7 cm³/mol. The van der Waals surface area contributed by atoms with Crippen LogP contribution in [0.5, 0.6) is 5.88 Å². The van der Waals surface area contributed by atoms with Gasteiger partial charge in [0.25, 0.3) is 0 Å². The molecule has 1 N–H and O–H groups in total. The number of halogens is 1. The third-order valence-electron chi connectivity index (χ3n) is 3.26. The number of ether oxygens (including phenoxy) is 1. The summed E-state index contributed by atoms with van der Waals surface area (Å²) in [5.74, 6) is 0.408. The Labute approximate surface area is 127 Å². The summed E-state index contributed by atoms with van der Waals surface area (Å²) >= 11 is 2.11. The molecule has 1 saturated heterocycles. The summed E-state index contributed by atoms with van der Waals surface area (Å²) in [4.78, 5) is 24.9. The highest BCUT2D eigenvalue weighted by Gasteiger charge is 2.28. The Morgan fingerprint density at radius 3 is 3.05 bits per heavy atom. The lowest BCUT2D eigenvalue weighted by atomic mass is 10.3. The maximum absolute atomic E-state index is 10.9. The first-order valence-corrected chi connectivity index (χ1v) is 7.11. The summed E-state index contributed by atoms with van der Waals surface area (Å²) in [6.45, 7) is 0.832. The number of likely N-dealkylation sites (tertiary alicyclic amines) is 1. The first-order chi connectivity index (χ1) is 9.56. The van der Waals surface area contributed by atoms with Crippen molar-refractivity contribution in [1.82, 2.24) is 24.4 Å². The smallest absolute Gasteiger partial charge is 0.407 e. The zero-order valence-electron chi connectivity index (χ0n) is 10.7. The van der Waals surface area contributed by atoms with E-state index in [1.54, 1.807) is 0 Å². The van der Waals surface area contributed by atoms with Crippen molar-refractivity contribution >= 4 is 39.8 Å². The molecule has 3 rings (SSSR count). The molecule has 0 aromatic carbocycles. The van der Waals surface area contributed by atoms with Gasteiger partial charge in [-0.3, -0.25) is 0 Å². The van der Waals surface area contributed by atoms with Crippen molar-refractivity contribution in [2.24, 2.45) is 7.05 Å². The van der Waals surface area contributed by atoms with Crippen LogP contribution in [-0.4, -0.2) is 54.8 Å². The molecule has 0 spiro atoms. The maximum atomic E-state index is 10.9. The molecule has 1 amide bonds. The molecule has 1 aliphatic rings. The number of carbonyl (C=O) groups is 1. The molecule has 0 aliphatic carbocycles. The molecule has 106 valence electrons. The molecule has 20 heavy (non-hydrogen) atoms. The SMILES string of the molecule is Cn1c(I)nc2c(O[C@H]3CCN(C(=O)O)C3)ncnc21. The predicted octanol–water partition coefficient (Wildman–Crippen LogP) is 1.10. The van der Waals surface area contributed by atoms with Gasteiger partial charge in [-0.25, -0.2) is 14.8 Å². The van der Waals surface area contributed by atoms with Crippen LogP contribution in [0.15, 0.2) is 6.33 Å². The average molecular weight is 389 g/mol. The fourth-order valence-electron chi connectivity index (χ4n) is 2.19. The van der Waals surface area contributed by atoms with Crippen LogP contribution in [0, 0.1) is 3.83 Å². The third kappa shape index (κ3) is 2.25. The van der Waals surface area contributed by atoms with Crippen LogP contribution in [-0.2, 0) is 7.05 Å². The highest BCUT2D eigenvalue weighted by molar-refractivity contribution is 14.1. The van der Waals surface area contributed by atoms with Crippen molar-refractivity contribution in [2.75, 3.05) is 13.1 Å². The van der Waals surface area contributed by atoms with Gasteiger partial charge in [0.2, 0.25) is 5.88 Å². The van der Waals surface area contributed by atoms with Gasteiger partial charge < -0.3 is 19.3 Å². The number of nitrogens with zero attached hydrogens (tertiary/aromatic N) is 5. The van der Waals surface area contributed by atoms with Crippen LogP contribution in [0.25, 0.3) is 11.2 Å². The Hall–Kier alpha value is -1.65. The fraction of sp³-hybridized carbons (Fsp3) is 0.455. The molecule has 8 nitrogen and oxygen atoms in total. The van der Waals surface area contributed by atoms with E-state index in [4.69, 9.17) is 9.84 Å². The van der Waals surface area contributed by atoms with E-state index < -0.39 is 6.09 Å². The van der Waals surface area contributed by atoms with Gasteiger partial charge in [-0.05, 0) is 0 Å². The van der Waals surface area contributed by atoms with E-state index in [1.165, 1.54) is 11.2 Å². The lowest BCUT2D eigenvalue weighted by Gasteiger charge is -2.13. The number of carboxylic acid groups (broad SMARTS) is 1. The van der Waals surface area contributed by atoms with Crippen molar-refractivity contribution in [3.63, 3.8) is 0 Å². The lowest BCUT2D eigenvalue weighted by molar-refractivity contribution is 0.145. The summed E-state index contributed by atoms with van der Waals surface area (Å²) in [6.07, 6.45) is 0.973. The van der Waals surface area contributed by atoms with E-state index in [-0.39, 0.29) is 6.10 Å². The molecular formula is C11H12IN5O3. The quantitative estimate of drug-likeness (QED) is 0.611. The second-order valence-electron chi connectivity index (χ2n) is 4.55. The number of hydrogen-bond acceptors (Lipinski definition) is 5. The Bertz CT molecular complexity index is 673. The fourth-order valence-corrected chi connectivity index (χ4v) is 2.66. The molecule has 1 atom stereocenters. The number of hydrogen-bond donors (Lipinski definition) is 1. The lowest BCUT2D eigenvalue weighted by Crippen LogP contribution is -2.29. The van der Waals surface area contributed by atoms with E-state index in [2.05, 4.69) is 37.5 Å². The van der Waals surface area contributed by atoms with E-state index >= 15 is 0 Å². The highest BCUT2D eigenvalue weighted by atomic mass is 127. The molecule has 2 aromatic heterocycles. The summed E-state index contributed by atoms with van der Waals surface area (Å²) in [7, 11) is 1.87. The molecule has 1 fully saturated rings. The Balaban J connectivity index is 1.85. The standard InChI is InChI=1S/C11H12IN5O3/c1-16-8-7(15-10(16)12)9(14-5-13-8)20-6-2-3-17(4-6)11(18)19/h5-6H,2-4H2,1H3,(H,18,19)/t6-/m0/s1. The van der Waals surface area contributed by atoms with Gasteiger partial charge in [0, 0.05) is 42.6 Å². The molecule has 0 radical (unpaired) electrons. The van der Waals surface area contributed by atoms with Gasteiger partial charge in [0.1, 0.15) is 12.4 Å². The van der Waals surface area contributed by atoms with Crippen molar-refractivity contribution in [3.8, 4) is 5.88 Å². The Kier molecular flexibility index (Phi) is 3.36. The van der Waals surface area contributed by atoms with Crippen molar-refractivity contribution in [3.05, 3.63) is 10.2 Å². The molecule has 3 heterocycles. The Morgan fingerprint density at radius 1 is 1.55 bits per heavy atom. The largest absolute Gasteiger partial charge is 0.471 e. The minimum atomic E-state index is -0.920. The number of aryl methyl sites for hydroxylation is 1. The van der Waals surface area contributed by atoms with Crippen molar-refractivity contribution < 1.29 is 14.6 Å². The van der Waals surface area contributed by atoms with Gasteiger partial charge in [0.15, 0.2) is 15.0 Å². The number of amides is 1. The van der Waals surface area contributed by atoms with Gasteiger partial charge in [-0.15, -0.1) is 0 Å². The first-order valence-electron chi connectivity index (χ1n) is 6.03. The summed E-state index contributed by atoms with van der Waals surface area (Å²) in [5, 5.41) is 8.94. The summed E-state index contributed by atoms with van der Waals surface area (Å²) < 4.78 is 8.44. The van der Waals surface area contributed by atoms with Crippen molar-refractivity contribution in [1.29, 1.82) is 0 Å². The highest BCUT2D eigenvalue weighted by Crippen LogP contribution is 2.24. The minimum Gasteiger partial charge on any atom is -0.471 e. The summed E-state index contributed by atoms with van der Waals surface area (Å²) in [5.41, 5.74) is 1.31. The number of aromatic nitrogens is 4. The van der Waals surface area contributed by atoms with E-state index in [0.29, 0.717) is 36.6 Å². The molecule has 9 heteroatoms. The van der Waals surface area contributed by atoms with Crippen LogP contribution in [0.3, 0.4) is 0 Å². The normalized spacial score (nSPS) is 18.7. The zero-order valence-corrected chi connectivity index (χ0v) is 12.8. The first kappa shape index (κ1) is 13.3. The number of fused-ring (bicyclic) bond motifs is 1. The number of rotatable bonds is 2. The third-order valence-corrected chi connectivity index (χ3v) is 4.23.